The summed E-state index contributed by atoms with van der Waals surface area (Å²) in [5.74, 6) is 8.70. The van der Waals surface area contributed by atoms with Gasteiger partial charge in [0, 0.05) is 42.6 Å². The van der Waals surface area contributed by atoms with E-state index in [-0.39, 0.29) is 24.5 Å². The van der Waals surface area contributed by atoms with Crippen LogP contribution in [0.2, 0.25) is 0 Å². The van der Waals surface area contributed by atoms with Crippen molar-refractivity contribution in [2.45, 2.75) is 142 Å². The fraction of sp³-hybridized carbons (Fsp3) is 0.577. The molecule has 0 aromatic heterocycles. The fourth-order valence-electron chi connectivity index (χ4n) is 11.3. The van der Waals surface area contributed by atoms with E-state index in [4.69, 9.17) is 18.9 Å². The Morgan fingerprint density at radius 2 is 1.80 bits per heavy atom. The van der Waals surface area contributed by atoms with Crippen LogP contribution in [-0.4, -0.2) is 41.2 Å². The van der Waals surface area contributed by atoms with Gasteiger partial charge in [-0.2, -0.15) is 0 Å². The molecule has 1 fully saturated rings. The lowest BCUT2D eigenvalue weighted by molar-refractivity contribution is 0.0197. The number of phenolic OH excluding ortho intramolecular Hbond substituents is 1. The smallest absolute Gasteiger partial charge is 0.182 e. The third kappa shape index (κ3) is 8.60. The second kappa shape index (κ2) is 18.2. The number of rotatable bonds is 12. The van der Waals surface area contributed by atoms with Gasteiger partial charge >= 0.3 is 0 Å². The Kier molecular flexibility index (Phi) is 12.9. The monoisotopic (exact) mass is 802 g/mol. The van der Waals surface area contributed by atoms with Gasteiger partial charge in [0.1, 0.15) is 35.6 Å². The zero-order valence-corrected chi connectivity index (χ0v) is 36.0. The largest absolute Gasteiger partial charge is 0.508 e. The second-order valence-corrected chi connectivity index (χ2v) is 18.8. The average molecular weight is 803 g/mol. The number of benzene rings is 3. The molecule has 7 nitrogen and oxygen atoms in total. The number of aromatic hydroxyl groups is 1. The number of aliphatic hydroxyl groups is 2. The van der Waals surface area contributed by atoms with Gasteiger partial charge in [-0.05, 0) is 133 Å². The summed E-state index contributed by atoms with van der Waals surface area (Å²) >= 11 is 0. The van der Waals surface area contributed by atoms with E-state index in [0.717, 1.165) is 96.2 Å². The molecule has 3 aliphatic carbocycles. The summed E-state index contributed by atoms with van der Waals surface area (Å²) < 4.78 is 25.9. The number of hydrogen-bond donors (Lipinski definition) is 3. The van der Waals surface area contributed by atoms with E-state index >= 15 is 0 Å². The molecule has 2 heterocycles. The summed E-state index contributed by atoms with van der Waals surface area (Å²) in [5, 5.41) is 33.7. The topological polar surface area (TPSA) is 97.6 Å². The number of hydrogen-bond acceptors (Lipinski definition) is 7. The molecule has 0 unspecified atom stereocenters. The lowest BCUT2D eigenvalue weighted by Crippen LogP contribution is -2.34. The zero-order valence-electron chi connectivity index (χ0n) is 36.0. The van der Waals surface area contributed by atoms with E-state index < -0.39 is 12.2 Å². The molecule has 9 atom stereocenters. The van der Waals surface area contributed by atoms with Gasteiger partial charge in [0.25, 0.3) is 0 Å². The summed E-state index contributed by atoms with van der Waals surface area (Å²) in [7, 11) is 1.74. The average Bonchev–Trinajstić information content (AvgIpc) is 3.32. The number of unbranched alkanes of at least 4 members (excludes halogenated alkanes) is 2. The van der Waals surface area contributed by atoms with Gasteiger partial charge in [-0.1, -0.05) is 83.9 Å². The molecule has 8 rings (SSSR count). The van der Waals surface area contributed by atoms with Crippen LogP contribution in [0.3, 0.4) is 0 Å². The van der Waals surface area contributed by atoms with E-state index in [9.17, 15) is 15.3 Å². The third-order valence-electron chi connectivity index (χ3n) is 14.3. The van der Waals surface area contributed by atoms with Gasteiger partial charge in [0.2, 0.25) is 0 Å². The number of fused-ring (bicyclic) bond motifs is 7. The SMILES string of the molecule is CCCCC[C@H](C)[C@H]1C[C@H]([C@H]2Cc3cc(O)c(CC(C)C)cc3-c3c(OC)cc4c(c32)C[C@@H](O)[C@H](c2ccc3c(c2)O[C@H]2CCCC[C@@H]2CC#CO3)O4)C=C[C@@H]1CCO. The second-order valence-electron chi connectivity index (χ2n) is 18.8. The standard InChI is InChI=1S/C52H66O7/c1-6-7-8-12-32(4)39-24-35(17-16-33(39)20-21-53)40-25-37-27-43(54)38(23-31(2)3)26-41(37)51-49(56-5)30-47-42(50(40)51)29-44(55)52(59-47)36-18-19-46-48(28-36)58-45-15-10-9-13-34(45)14-11-22-57-46/h16-19,26-28,30-35,39-40,44-45,52-55H,6-10,12-15,20-21,23-25,29H2,1-5H3/t32-,33+,34+,35+,39+,40+,44+,45-,52-/m0/s1. The number of methoxy groups -OCH3 is 1. The third-order valence-corrected chi connectivity index (χ3v) is 14.3. The highest BCUT2D eigenvalue weighted by atomic mass is 16.5. The molecule has 5 aliphatic rings. The van der Waals surface area contributed by atoms with Gasteiger partial charge in [-0.25, -0.2) is 0 Å². The van der Waals surface area contributed by atoms with E-state index in [1.54, 1.807) is 7.11 Å². The molecule has 3 aromatic rings. The first kappa shape index (κ1) is 41.6. The van der Waals surface area contributed by atoms with E-state index in [2.05, 4.69) is 57.9 Å². The van der Waals surface area contributed by atoms with Gasteiger partial charge in [-0.3, -0.25) is 0 Å². The van der Waals surface area contributed by atoms with Crippen LogP contribution in [0.4, 0.5) is 0 Å². The summed E-state index contributed by atoms with van der Waals surface area (Å²) in [6, 6.07) is 12.1. The van der Waals surface area contributed by atoms with Crippen molar-refractivity contribution in [1.82, 2.24) is 0 Å². The molecular formula is C52H66O7. The van der Waals surface area contributed by atoms with Crippen LogP contribution < -0.4 is 18.9 Å². The Bertz CT molecular complexity index is 2060. The lowest BCUT2D eigenvalue weighted by Gasteiger charge is -2.43. The molecule has 0 spiro atoms. The lowest BCUT2D eigenvalue weighted by atomic mass is 9.63. The fourth-order valence-corrected chi connectivity index (χ4v) is 11.3. The van der Waals surface area contributed by atoms with Crippen LogP contribution in [0.1, 0.15) is 138 Å². The Balaban J connectivity index is 1.20. The van der Waals surface area contributed by atoms with Gasteiger partial charge < -0.3 is 34.3 Å². The number of ether oxygens (including phenoxy) is 4. The van der Waals surface area contributed by atoms with Crippen LogP contribution in [0.15, 0.2) is 48.6 Å². The summed E-state index contributed by atoms with van der Waals surface area (Å²) in [6.07, 6.45) is 20.2. The van der Waals surface area contributed by atoms with Crippen molar-refractivity contribution in [2.75, 3.05) is 13.7 Å². The first-order valence-corrected chi connectivity index (χ1v) is 22.8. The van der Waals surface area contributed by atoms with Crippen molar-refractivity contribution in [1.29, 1.82) is 0 Å². The molecule has 0 bridgehead atoms. The molecule has 1 saturated carbocycles. The normalized spacial score (nSPS) is 27.3. The van der Waals surface area contributed by atoms with Crippen molar-refractivity contribution in [3.05, 3.63) is 76.4 Å². The summed E-state index contributed by atoms with van der Waals surface area (Å²) in [4.78, 5) is 0. The molecule has 0 amide bonds. The molecule has 0 saturated heterocycles. The minimum absolute atomic E-state index is 0.0798. The minimum Gasteiger partial charge on any atom is -0.508 e. The molecule has 3 N–H and O–H groups in total. The minimum atomic E-state index is -0.807. The molecule has 3 aromatic carbocycles. The zero-order chi connectivity index (χ0) is 41.2. The number of allylic oxidation sites excluding steroid dienone is 2. The maximum absolute atomic E-state index is 12.2. The van der Waals surface area contributed by atoms with Crippen LogP contribution in [0.5, 0.6) is 28.7 Å². The number of aliphatic hydroxyl groups excluding tert-OH is 2. The van der Waals surface area contributed by atoms with Crippen LogP contribution in [-0.2, 0) is 19.3 Å². The number of phenols is 1. The Morgan fingerprint density at radius 3 is 2.59 bits per heavy atom. The molecule has 59 heavy (non-hydrogen) atoms. The maximum Gasteiger partial charge on any atom is 0.182 e. The van der Waals surface area contributed by atoms with Crippen molar-refractivity contribution >= 4 is 0 Å². The first-order chi connectivity index (χ1) is 28.7. The molecule has 7 heteroatoms. The predicted octanol–water partition coefficient (Wildman–Crippen LogP) is 11.0. The van der Waals surface area contributed by atoms with Gasteiger partial charge in [0.05, 0.1) is 13.2 Å². The van der Waals surface area contributed by atoms with Crippen LogP contribution >= 0.6 is 0 Å². The highest BCUT2D eigenvalue weighted by molar-refractivity contribution is 5.83. The highest BCUT2D eigenvalue weighted by Crippen LogP contribution is 2.56. The van der Waals surface area contributed by atoms with Crippen molar-refractivity contribution < 1.29 is 34.3 Å². The maximum atomic E-state index is 12.2. The molecule has 316 valence electrons. The highest BCUT2D eigenvalue weighted by Gasteiger charge is 2.43. The van der Waals surface area contributed by atoms with E-state index in [1.165, 1.54) is 37.7 Å². The molecule has 0 radical (unpaired) electrons. The van der Waals surface area contributed by atoms with Gasteiger partial charge in [-0.15, -0.1) is 0 Å². The van der Waals surface area contributed by atoms with Crippen molar-refractivity contribution in [3.8, 4) is 51.9 Å². The first-order valence-electron chi connectivity index (χ1n) is 22.8. The Labute approximate surface area is 352 Å². The molecule has 2 aliphatic heterocycles. The predicted molar refractivity (Wildman–Crippen MR) is 233 cm³/mol. The van der Waals surface area contributed by atoms with Crippen molar-refractivity contribution in [2.24, 2.45) is 35.5 Å². The summed E-state index contributed by atoms with van der Waals surface area (Å²) in [6.45, 7) is 9.23. The quantitative estimate of drug-likeness (QED) is 0.0953. The van der Waals surface area contributed by atoms with E-state index in [1.807, 2.05) is 30.3 Å². The molecular weight excluding hydrogens is 737 g/mol. The van der Waals surface area contributed by atoms with Crippen LogP contribution in [0, 0.1) is 47.5 Å². The van der Waals surface area contributed by atoms with E-state index in [0.29, 0.717) is 53.3 Å². The Hall–Kier alpha value is -4.12. The van der Waals surface area contributed by atoms with Gasteiger partial charge in [0.15, 0.2) is 11.5 Å². The van der Waals surface area contributed by atoms with Crippen LogP contribution in [0.25, 0.3) is 11.1 Å². The Morgan fingerprint density at radius 1 is 0.949 bits per heavy atom. The van der Waals surface area contributed by atoms with Crippen molar-refractivity contribution in [3.63, 3.8) is 0 Å². The summed E-state index contributed by atoms with van der Waals surface area (Å²) in [5.41, 5.74) is 7.30.